The Hall–Kier alpha value is -0.0800. The molecule has 1 saturated heterocycles. The monoisotopic (exact) mass is 157 g/mol. The highest BCUT2D eigenvalue weighted by atomic mass is 16.5. The highest BCUT2D eigenvalue weighted by Crippen LogP contribution is 2.11. The molecular weight excluding hydrogens is 140 g/mol. The van der Waals surface area contributed by atoms with Gasteiger partial charge in [-0.05, 0) is 19.3 Å². The topological polar surface area (TPSA) is 18.5 Å². The van der Waals surface area contributed by atoms with E-state index in [4.69, 9.17) is 9.47 Å². The summed E-state index contributed by atoms with van der Waals surface area (Å²) in [5.74, 6) is 0. The molecule has 0 bridgehead atoms. The summed E-state index contributed by atoms with van der Waals surface area (Å²) in [6.07, 6.45) is 4.77. The molecule has 2 nitrogen and oxygen atoms in total. The van der Waals surface area contributed by atoms with E-state index in [-0.39, 0.29) is 0 Å². The lowest BCUT2D eigenvalue weighted by Crippen LogP contribution is -2.14. The Morgan fingerprint density at radius 1 is 1.55 bits per heavy atom. The first kappa shape index (κ1) is 9.01. The molecule has 0 aliphatic carbocycles. The Balaban J connectivity index is 1.86. The number of ether oxygens (including phenoxy) is 2. The lowest BCUT2D eigenvalue weighted by atomic mass is 10.2. The molecule has 1 rings (SSSR count). The van der Waals surface area contributed by atoms with Gasteiger partial charge in [-0.3, -0.25) is 0 Å². The van der Waals surface area contributed by atoms with Crippen LogP contribution in [0.25, 0.3) is 0 Å². The van der Waals surface area contributed by atoms with E-state index in [2.05, 4.69) is 6.92 Å². The standard InChI is InChI=1S/C9H17O2/c1-2-3-6-10-8-9-5-4-7-11-9/h9H,1-8H2. The first-order valence-electron chi connectivity index (χ1n) is 4.42. The number of hydrogen-bond donors (Lipinski definition) is 0. The van der Waals surface area contributed by atoms with Gasteiger partial charge in [-0.2, -0.15) is 0 Å². The second-order valence-electron chi connectivity index (χ2n) is 2.92. The summed E-state index contributed by atoms with van der Waals surface area (Å²) >= 11 is 0. The summed E-state index contributed by atoms with van der Waals surface area (Å²) in [7, 11) is 0. The van der Waals surface area contributed by atoms with Gasteiger partial charge in [-0.25, -0.2) is 0 Å². The molecule has 0 amide bonds. The molecule has 0 aromatic carbocycles. The Morgan fingerprint density at radius 3 is 3.09 bits per heavy atom. The quantitative estimate of drug-likeness (QED) is 0.566. The van der Waals surface area contributed by atoms with Crippen LogP contribution in [0, 0.1) is 6.92 Å². The van der Waals surface area contributed by atoms with Gasteiger partial charge < -0.3 is 9.47 Å². The molecule has 11 heavy (non-hydrogen) atoms. The van der Waals surface area contributed by atoms with E-state index < -0.39 is 0 Å². The Labute approximate surface area is 68.9 Å². The average Bonchev–Trinajstić information content (AvgIpc) is 2.50. The van der Waals surface area contributed by atoms with Crippen LogP contribution in [0.4, 0.5) is 0 Å². The van der Waals surface area contributed by atoms with Crippen LogP contribution in [0.3, 0.4) is 0 Å². The minimum absolute atomic E-state index is 0.375. The fourth-order valence-electron chi connectivity index (χ4n) is 1.19. The van der Waals surface area contributed by atoms with Crippen LogP contribution in [0.1, 0.15) is 25.7 Å². The number of unbranched alkanes of at least 4 members (excludes halogenated alkanes) is 1. The smallest absolute Gasteiger partial charge is 0.0809 e. The van der Waals surface area contributed by atoms with Crippen molar-refractivity contribution in [1.82, 2.24) is 0 Å². The summed E-state index contributed by atoms with van der Waals surface area (Å²) in [4.78, 5) is 0. The molecule has 1 unspecified atom stereocenters. The molecule has 2 heteroatoms. The Kier molecular flexibility index (Phi) is 4.55. The van der Waals surface area contributed by atoms with Crippen molar-refractivity contribution in [3.63, 3.8) is 0 Å². The van der Waals surface area contributed by atoms with Gasteiger partial charge in [0.1, 0.15) is 0 Å². The molecule has 0 spiro atoms. The van der Waals surface area contributed by atoms with Crippen molar-refractivity contribution >= 4 is 0 Å². The zero-order valence-electron chi connectivity index (χ0n) is 7.05. The van der Waals surface area contributed by atoms with Crippen molar-refractivity contribution in [3.05, 3.63) is 6.92 Å². The molecule has 0 saturated carbocycles. The molecule has 0 aromatic rings. The Bertz CT molecular complexity index is 87.6. The van der Waals surface area contributed by atoms with E-state index in [1.807, 2.05) is 0 Å². The van der Waals surface area contributed by atoms with Gasteiger partial charge in [0.15, 0.2) is 0 Å². The third kappa shape index (κ3) is 3.73. The molecule has 65 valence electrons. The van der Waals surface area contributed by atoms with Gasteiger partial charge in [-0.1, -0.05) is 13.3 Å². The van der Waals surface area contributed by atoms with Crippen molar-refractivity contribution in [3.8, 4) is 0 Å². The second-order valence-corrected chi connectivity index (χ2v) is 2.92. The van der Waals surface area contributed by atoms with E-state index >= 15 is 0 Å². The predicted molar refractivity (Wildman–Crippen MR) is 44.4 cm³/mol. The van der Waals surface area contributed by atoms with Crippen LogP contribution in [0.2, 0.25) is 0 Å². The predicted octanol–water partition coefficient (Wildman–Crippen LogP) is 1.80. The highest BCUT2D eigenvalue weighted by molar-refractivity contribution is 4.63. The minimum atomic E-state index is 0.375. The molecule has 0 N–H and O–H groups in total. The molecule has 1 atom stereocenters. The summed E-state index contributed by atoms with van der Waals surface area (Å²) in [5, 5.41) is 0. The maximum atomic E-state index is 5.39. The largest absolute Gasteiger partial charge is 0.379 e. The fraction of sp³-hybridized carbons (Fsp3) is 0.889. The number of hydrogen-bond acceptors (Lipinski definition) is 2. The van der Waals surface area contributed by atoms with E-state index in [9.17, 15) is 0 Å². The first-order valence-corrected chi connectivity index (χ1v) is 4.42. The van der Waals surface area contributed by atoms with Crippen LogP contribution < -0.4 is 0 Å². The molecule has 0 aromatic heterocycles. The third-order valence-corrected chi connectivity index (χ3v) is 1.87. The van der Waals surface area contributed by atoms with Crippen molar-refractivity contribution in [2.45, 2.75) is 31.8 Å². The second kappa shape index (κ2) is 5.56. The summed E-state index contributed by atoms with van der Waals surface area (Å²) < 4.78 is 10.8. The zero-order chi connectivity index (χ0) is 7.94. The normalized spacial score (nSPS) is 24.3. The first-order chi connectivity index (χ1) is 5.43. The molecular formula is C9H17O2. The van der Waals surface area contributed by atoms with Gasteiger partial charge in [0.2, 0.25) is 0 Å². The Morgan fingerprint density at radius 2 is 2.45 bits per heavy atom. The van der Waals surface area contributed by atoms with Crippen LogP contribution in [-0.4, -0.2) is 25.9 Å². The van der Waals surface area contributed by atoms with Gasteiger partial charge in [0, 0.05) is 13.2 Å². The van der Waals surface area contributed by atoms with Crippen molar-refractivity contribution in [1.29, 1.82) is 0 Å². The molecule has 1 aliphatic heterocycles. The van der Waals surface area contributed by atoms with Crippen LogP contribution in [0.15, 0.2) is 0 Å². The van der Waals surface area contributed by atoms with Gasteiger partial charge in [0.05, 0.1) is 12.7 Å². The zero-order valence-corrected chi connectivity index (χ0v) is 7.05. The van der Waals surface area contributed by atoms with E-state index in [1.165, 1.54) is 12.8 Å². The maximum absolute atomic E-state index is 5.39. The van der Waals surface area contributed by atoms with Crippen LogP contribution >= 0.6 is 0 Å². The van der Waals surface area contributed by atoms with Crippen LogP contribution in [0.5, 0.6) is 0 Å². The van der Waals surface area contributed by atoms with Gasteiger partial charge >= 0.3 is 0 Å². The fourth-order valence-corrected chi connectivity index (χ4v) is 1.19. The van der Waals surface area contributed by atoms with Crippen molar-refractivity contribution in [2.75, 3.05) is 19.8 Å². The van der Waals surface area contributed by atoms with Gasteiger partial charge in [0.25, 0.3) is 0 Å². The van der Waals surface area contributed by atoms with Gasteiger partial charge in [-0.15, -0.1) is 0 Å². The summed E-state index contributed by atoms with van der Waals surface area (Å²) in [6.45, 7) is 6.28. The molecule has 1 aliphatic rings. The minimum Gasteiger partial charge on any atom is -0.379 e. The summed E-state index contributed by atoms with van der Waals surface area (Å²) in [5.41, 5.74) is 0. The molecule has 1 heterocycles. The van der Waals surface area contributed by atoms with E-state index in [0.29, 0.717) is 6.10 Å². The van der Waals surface area contributed by atoms with E-state index in [1.54, 1.807) is 0 Å². The number of rotatable bonds is 5. The van der Waals surface area contributed by atoms with Crippen molar-refractivity contribution < 1.29 is 9.47 Å². The van der Waals surface area contributed by atoms with Crippen LogP contribution in [-0.2, 0) is 9.47 Å². The summed E-state index contributed by atoms with van der Waals surface area (Å²) in [6, 6.07) is 0. The molecule has 1 fully saturated rings. The van der Waals surface area contributed by atoms with E-state index in [0.717, 1.165) is 32.7 Å². The molecule has 1 radical (unpaired) electrons. The lowest BCUT2D eigenvalue weighted by Gasteiger charge is -2.08. The SMILES string of the molecule is [CH2]CCCOCC1CCCO1. The lowest BCUT2D eigenvalue weighted by molar-refractivity contribution is 0.0167. The third-order valence-electron chi connectivity index (χ3n) is 1.87. The maximum Gasteiger partial charge on any atom is 0.0809 e. The average molecular weight is 157 g/mol. The van der Waals surface area contributed by atoms with Crippen molar-refractivity contribution in [2.24, 2.45) is 0 Å². The highest BCUT2D eigenvalue weighted by Gasteiger charge is 2.14.